The van der Waals surface area contributed by atoms with Gasteiger partial charge in [0, 0.05) is 57.7 Å². The first-order valence-electron chi connectivity index (χ1n) is 23.2. The van der Waals surface area contributed by atoms with Crippen molar-refractivity contribution >= 4 is 43.6 Å². The maximum atomic E-state index is 14.3. The lowest BCUT2D eigenvalue weighted by atomic mass is 9.91. The fourth-order valence-corrected chi connectivity index (χ4v) is 10.7. The second kappa shape index (κ2) is 17.0. The van der Waals surface area contributed by atoms with Gasteiger partial charge in [0.2, 0.25) is 0 Å². The normalized spacial score (nSPS) is 12.5. The number of hydrogen-bond donors (Lipinski definition) is 0. The number of hydrogen-bond acceptors (Lipinski definition) is 2. The van der Waals surface area contributed by atoms with Crippen molar-refractivity contribution in [3.8, 4) is 55.9 Å². The lowest BCUT2D eigenvalue weighted by Crippen LogP contribution is -2.13. The summed E-state index contributed by atoms with van der Waals surface area (Å²) < 4.78 is 130. The number of pyridine rings is 2. The minimum Gasteiger partial charge on any atom is -0.309 e. The average Bonchev–Trinajstić information content (AvgIpc) is 3.85. The molecule has 11 aromatic rings. The molecular formula is C60H41F9N4. The zero-order valence-electron chi connectivity index (χ0n) is 39.7. The van der Waals surface area contributed by atoms with E-state index in [0.29, 0.717) is 22.4 Å². The lowest BCUT2D eigenvalue weighted by molar-refractivity contribution is -0.143. The molecule has 0 unspecified atom stereocenters. The second-order valence-corrected chi connectivity index (χ2v) is 18.7. The molecule has 0 fully saturated rings. The molecule has 4 aromatic heterocycles. The summed E-state index contributed by atoms with van der Waals surface area (Å²) in [4.78, 5) is 8.88. The zero-order chi connectivity index (χ0) is 51.5. The first-order valence-corrected chi connectivity index (χ1v) is 23.2. The molecule has 4 nitrogen and oxygen atoms in total. The van der Waals surface area contributed by atoms with Gasteiger partial charge >= 0.3 is 18.5 Å². The SMILES string of the molecule is Cc1cc(C)c(-c2ccc(-n3c4ccncc4c4cc(-c5cc(C)c(-c6ccc7c(c6)c6cnccc6n7-c6ccc(-c7c(C)cc(C(F)(F)F)cc7C(F)(F)F)cc6)cc5C)ccc43)cc2)c(C(F)(F)F)c1. The van der Waals surface area contributed by atoms with E-state index in [1.807, 2.05) is 47.2 Å². The molecular weight excluding hydrogens is 948 g/mol. The van der Waals surface area contributed by atoms with E-state index in [1.54, 1.807) is 62.8 Å². The van der Waals surface area contributed by atoms with Crippen LogP contribution in [0.5, 0.6) is 0 Å². The van der Waals surface area contributed by atoms with E-state index in [1.165, 1.54) is 25.1 Å². The summed E-state index contributed by atoms with van der Waals surface area (Å²) in [5.74, 6) is 0. The van der Waals surface area contributed by atoms with E-state index in [4.69, 9.17) is 0 Å². The molecule has 4 heterocycles. The summed E-state index contributed by atoms with van der Waals surface area (Å²) in [6.45, 7) is 8.75. The highest BCUT2D eigenvalue weighted by Crippen LogP contribution is 2.45. The number of rotatable bonds is 6. The van der Waals surface area contributed by atoms with Crippen molar-refractivity contribution in [3.05, 3.63) is 203 Å². The van der Waals surface area contributed by atoms with Crippen LogP contribution in [0.25, 0.3) is 99.5 Å². The average molecular weight is 989 g/mol. The molecule has 0 aliphatic carbocycles. The van der Waals surface area contributed by atoms with Crippen molar-refractivity contribution in [1.82, 2.24) is 19.1 Å². The molecule has 0 N–H and O–H groups in total. The summed E-state index contributed by atoms with van der Waals surface area (Å²) in [7, 11) is 0. The highest BCUT2D eigenvalue weighted by Gasteiger charge is 2.39. The molecule has 0 bridgehead atoms. The number of aryl methyl sites for hydroxylation is 5. The van der Waals surface area contributed by atoms with Crippen molar-refractivity contribution in [2.24, 2.45) is 0 Å². The Bertz CT molecular complexity index is 4020. The minimum atomic E-state index is -5.02. The van der Waals surface area contributed by atoms with Gasteiger partial charge in [-0.15, -0.1) is 0 Å². The molecule has 0 aliphatic rings. The summed E-state index contributed by atoms with van der Waals surface area (Å²) >= 11 is 0. The van der Waals surface area contributed by atoms with E-state index >= 15 is 0 Å². The molecule has 0 spiro atoms. The predicted octanol–water partition coefficient (Wildman–Crippen LogP) is 17.9. The Hall–Kier alpha value is -8.19. The van der Waals surface area contributed by atoms with Gasteiger partial charge in [-0.2, -0.15) is 39.5 Å². The number of aromatic nitrogens is 4. The Kier molecular flexibility index (Phi) is 11.0. The first kappa shape index (κ1) is 47.2. The van der Waals surface area contributed by atoms with Gasteiger partial charge in [0.25, 0.3) is 0 Å². The third-order valence-electron chi connectivity index (χ3n) is 13.9. The Morgan fingerprint density at radius 2 is 0.753 bits per heavy atom. The minimum absolute atomic E-state index is 0.135. The van der Waals surface area contributed by atoms with E-state index in [2.05, 4.69) is 64.8 Å². The van der Waals surface area contributed by atoms with E-state index in [9.17, 15) is 39.5 Å². The van der Waals surface area contributed by atoms with Crippen LogP contribution in [0.2, 0.25) is 0 Å². The topological polar surface area (TPSA) is 35.6 Å². The van der Waals surface area contributed by atoms with Gasteiger partial charge < -0.3 is 9.13 Å². The molecule has 13 heteroatoms. The van der Waals surface area contributed by atoms with Crippen LogP contribution in [0.15, 0.2) is 158 Å². The third kappa shape index (κ3) is 8.07. The van der Waals surface area contributed by atoms with Gasteiger partial charge in [-0.05, 0) is 180 Å². The maximum Gasteiger partial charge on any atom is 0.417 e. The molecule has 0 atom stereocenters. The smallest absolute Gasteiger partial charge is 0.309 e. The van der Waals surface area contributed by atoms with Crippen molar-refractivity contribution in [1.29, 1.82) is 0 Å². The van der Waals surface area contributed by atoms with Gasteiger partial charge in [-0.3, -0.25) is 9.97 Å². The monoisotopic (exact) mass is 988 g/mol. The predicted molar refractivity (Wildman–Crippen MR) is 271 cm³/mol. The van der Waals surface area contributed by atoms with Crippen molar-refractivity contribution in [2.45, 2.75) is 53.1 Å². The van der Waals surface area contributed by atoms with Gasteiger partial charge in [0.05, 0.1) is 38.8 Å². The number of fused-ring (bicyclic) bond motifs is 6. The van der Waals surface area contributed by atoms with Gasteiger partial charge in [0.15, 0.2) is 0 Å². The van der Waals surface area contributed by atoms with Crippen LogP contribution in [-0.2, 0) is 18.5 Å². The van der Waals surface area contributed by atoms with E-state index < -0.39 is 35.2 Å². The van der Waals surface area contributed by atoms with Crippen LogP contribution >= 0.6 is 0 Å². The Morgan fingerprint density at radius 3 is 1.18 bits per heavy atom. The zero-order valence-corrected chi connectivity index (χ0v) is 39.7. The van der Waals surface area contributed by atoms with Gasteiger partial charge in [0.1, 0.15) is 0 Å². The summed E-state index contributed by atoms with van der Waals surface area (Å²) in [6.07, 6.45) is -7.49. The van der Waals surface area contributed by atoms with Crippen molar-refractivity contribution < 1.29 is 39.5 Å². The quantitative estimate of drug-likeness (QED) is 0.156. The van der Waals surface area contributed by atoms with Gasteiger partial charge in [-0.25, -0.2) is 0 Å². The number of benzene rings is 7. The summed E-state index contributed by atoms with van der Waals surface area (Å²) in [6, 6.07) is 37.9. The molecule has 364 valence electrons. The van der Waals surface area contributed by atoms with Crippen LogP contribution in [0.4, 0.5) is 39.5 Å². The van der Waals surface area contributed by atoms with Gasteiger partial charge in [-0.1, -0.05) is 60.2 Å². The highest BCUT2D eigenvalue weighted by atomic mass is 19.4. The van der Waals surface area contributed by atoms with E-state index in [-0.39, 0.29) is 28.3 Å². The Morgan fingerprint density at radius 1 is 0.356 bits per heavy atom. The molecule has 0 saturated carbocycles. The van der Waals surface area contributed by atoms with Crippen LogP contribution in [-0.4, -0.2) is 19.1 Å². The van der Waals surface area contributed by atoms with Crippen molar-refractivity contribution in [3.63, 3.8) is 0 Å². The van der Waals surface area contributed by atoms with Crippen LogP contribution in [0, 0.1) is 34.6 Å². The second-order valence-electron chi connectivity index (χ2n) is 18.7. The molecule has 0 aliphatic heterocycles. The maximum absolute atomic E-state index is 14.3. The lowest BCUT2D eigenvalue weighted by Gasteiger charge is -2.19. The summed E-state index contributed by atoms with van der Waals surface area (Å²) in [5, 5.41) is 3.63. The van der Waals surface area contributed by atoms with Crippen molar-refractivity contribution in [2.75, 3.05) is 0 Å². The molecule has 73 heavy (non-hydrogen) atoms. The molecule has 7 aromatic carbocycles. The largest absolute Gasteiger partial charge is 0.417 e. The molecule has 0 radical (unpaired) electrons. The molecule has 0 saturated heterocycles. The fraction of sp³-hybridized carbons (Fsp3) is 0.133. The number of nitrogens with zero attached hydrogens (tertiary/aromatic N) is 4. The first-order chi connectivity index (χ1) is 34.7. The van der Waals surface area contributed by atoms with E-state index in [0.717, 1.165) is 88.7 Å². The third-order valence-corrected chi connectivity index (χ3v) is 13.9. The fourth-order valence-electron chi connectivity index (χ4n) is 10.7. The molecule has 0 amide bonds. The Labute approximate surface area is 412 Å². The summed E-state index contributed by atoms with van der Waals surface area (Å²) in [5.41, 5.74) is 8.98. The Balaban J connectivity index is 0.941. The highest BCUT2D eigenvalue weighted by molar-refractivity contribution is 6.11. The van der Waals surface area contributed by atoms with Crippen LogP contribution < -0.4 is 0 Å². The number of alkyl halides is 9. The molecule has 11 rings (SSSR count). The van der Waals surface area contributed by atoms with Crippen LogP contribution in [0.1, 0.15) is 44.5 Å². The van der Waals surface area contributed by atoms with Crippen LogP contribution in [0.3, 0.4) is 0 Å². The number of halogens is 9. The standard InChI is InChI=1S/C60H41F9N4/c1-32-22-35(4)56(50(23-32)59(64,65)66)37-6-12-42(13-7-37)72-52-16-10-39(27-46(52)48-30-70-20-18-54(48)72)44-25-34(3)45(26-33(44)2)40-11-17-53-47(28-40)49-31-71-21-19-55(49)73(53)43-14-8-38(9-15-43)57-36(5)24-41(58(61,62)63)29-51(57)60(67,68)69/h6-31H,1-5H3.